The molecule has 0 heterocycles. The first-order chi connectivity index (χ1) is 8.38. The predicted octanol–water partition coefficient (Wildman–Crippen LogP) is 1.90. The molecule has 0 bridgehead atoms. The highest BCUT2D eigenvalue weighted by Gasteiger charge is 2.19. The molecule has 0 saturated carbocycles. The van der Waals surface area contributed by atoms with Crippen LogP contribution in [0.4, 0.5) is 10.5 Å². The van der Waals surface area contributed by atoms with E-state index in [1.54, 1.807) is 27.0 Å². The minimum atomic E-state index is -0.665. The number of ether oxygens (including phenoxy) is 1. The Labute approximate surface area is 107 Å². The molecule has 0 saturated heterocycles. The summed E-state index contributed by atoms with van der Waals surface area (Å²) in [6.07, 6.45) is 0. The van der Waals surface area contributed by atoms with Crippen molar-refractivity contribution in [3.8, 4) is 5.75 Å². The monoisotopic (exact) mass is 252 g/mol. The summed E-state index contributed by atoms with van der Waals surface area (Å²) < 4.78 is 5.19. The molecular weight excluding hydrogens is 232 g/mol. The number of carbonyl (C=O) groups excluding carboxylic acids is 1. The van der Waals surface area contributed by atoms with E-state index in [2.05, 4.69) is 10.6 Å². The van der Waals surface area contributed by atoms with Crippen LogP contribution in [0, 0.1) is 6.92 Å². The van der Waals surface area contributed by atoms with Gasteiger partial charge in [-0.2, -0.15) is 0 Å². The number of anilines is 1. The zero-order chi connectivity index (χ0) is 13.8. The molecule has 5 heteroatoms. The molecule has 0 unspecified atom stereocenters. The molecule has 0 aromatic heterocycles. The maximum atomic E-state index is 11.8. The number of methoxy groups -OCH3 is 1. The molecule has 0 fully saturated rings. The maximum absolute atomic E-state index is 11.8. The van der Waals surface area contributed by atoms with E-state index in [0.717, 1.165) is 5.56 Å². The Bertz CT molecular complexity index is 430. The molecule has 100 valence electrons. The normalized spacial score (nSPS) is 10.9. The van der Waals surface area contributed by atoms with Crippen molar-refractivity contribution in [3.63, 3.8) is 0 Å². The van der Waals surface area contributed by atoms with Gasteiger partial charge in [0.25, 0.3) is 0 Å². The van der Waals surface area contributed by atoms with E-state index in [4.69, 9.17) is 9.84 Å². The number of amides is 2. The Hall–Kier alpha value is -1.75. The quantitative estimate of drug-likeness (QED) is 0.766. The van der Waals surface area contributed by atoms with Crippen molar-refractivity contribution in [2.24, 2.45) is 0 Å². The third-order valence-corrected chi connectivity index (χ3v) is 2.45. The third-order valence-electron chi connectivity index (χ3n) is 2.45. The highest BCUT2D eigenvalue weighted by Crippen LogP contribution is 2.25. The fourth-order valence-corrected chi connectivity index (χ4v) is 1.40. The highest BCUT2D eigenvalue weighted by molar-refractivity contribution is 5.91. The van der Waals surface area contributed by atoms with E-state index in [1.165, 1.54) is 0 Å². The largest absolute Gasteiger partial charge is 0.495 e. The average Bonchev–Trinajstić information content (AvgIpc) is 2.30. The van der Waals surface area contributed by atoms with Gasteiger partial charge < -0.3 is 20.5 Å². The van der Waals surface area contributed by atoms with Crippen LogP contribution in [0.2, 0.25) is 0 Å². The van der Waals surface area contributed by atoms with Gasteiger partial charge in [0.15, 0.2) is 0 Å². The summed E-state index contributed by atoms with van der Waals surface area (Å²) in [6.45, 7) is 5.28. The fourth-order valence-electron chi connectivity index (χ4n) is 1.40. The topological polar surface area (TPSA) is 70.6 Å². The van der Waals surface area contributed by atoms with Crippen molar-refractivity contribution < 1.29 is 14.6 Å². The maximum Gasteiger partial charge on any atom is 0.319 e. The highest BCUT2D eigenvalue weighted by atomic mass is 16.5. The first kappa shape index (κ1) is 14.3. The van der Waals surface area contributed by atoms with Crippen molar-refractivity contribution in [2.45, 2.75) is 26.3 Å². The summed E-state index contributed by atoms with van der Waals surface area (Å²) in [4.78, 5) is 11.8. The minimum Gasteiger partial charge on any atom is -0.495 e. The summed E-state index contributed by atoms with van der Waals surface area (Å²) >= 11 is 0. The zero-order valence-electron chi connectivity index (χ0n) is 11.2. The number of nitrogens with one attached hydrogen (secondary N) is 2. The molecule has 5 nitrogen and oxygen atoms in total. The molecule has 18 heavy (non-hydrogen) atoms. The SMILES string of the molecule is COc1cc(C)ccc1NC(=O)NC(C)(C)CO. The van der Waals surface area contributed by atoms with Gasteiger partial charge in [-0.25, -0.2) is 4.79 Å². The lowest BCUT2D eigenvalue weighted by Crippen LogP contribution is -2.48. The number of hydrogen-bond acceptors (Lipinski definition) is 3. The molecule has 1 aromatic carbocycles. The van der Waals surface area contributed by atoms with Crippen LogP contribution in [-0.4, -0.2) is 30.4 Å². The van der Waals surface area contributed by atoms with Gasteiger partial charge in [-0.3, -0.25) is 0 Å². The number of aliphatic hydroxyl groups is 1. The minimum absolute atomic E-state index is 0.133. The van der Waals surface area contributed by atoms with E-state index in [0.29, 0.717) is 11.4 Å². The molecule has 0 aliphatic carbocycles. The van der Waals surface area contributed by atoms with E-state index in [1.807, 2.05) is 19.1 Å². The Morgan fingerprint density at radius 3 is 2.67 bits per heavy atom. The number of urea groups is 1. The van der Waals surface area contributed by atoms with E-state index in [-0.39, 0.29) is 12.6 Å². The molecule has 1 aromatic rings. The van der Waals surface area contributed by atoms with Gasteiger partial charge in [0.05, 0.1) is 24.9 Å². The van der Waals surface area contributed by atoms with E-state index in [9.17, 15) is 4.79 Å². The smallest absolute Gasteiger partial charge is 0.319 e. The van der Waals surface area contributed by atoms with Gasteiger partial charge in [0.2, 0.25) is 0 Å². The fraction of sp³-hybridized carbons (Fsp3) is 0.462. The molecule has 0 atom stereocenters. The van der Waals surface area contributed by atoms with Crippen molar-refractivity contribution >= 4 is 11.7 Å². The second kappa shape index (κ2) is 5.73. The Balaban J connectivity index is 2.76. The van der Waals surface area contributed by atoms with Crippen LogP contribution in [0.1, 0.15) is 19.4 Å². The molecule has 0 aliphatic heterocycles. The number of carbonyl (C=O) groups is 1. The van der Waals surface area contributed by atoms with E-state index < -0.39 is 5.54 Å². The van der Waals surface area contributed by atoms with Crippen LogP contribution < -0.4 is 15.4 Å². The first-order valence-electron chi connectivity index (χ1n) is 5.72. The van der Waals surface area contributed by atoms with Crippen molar-refractivity contribution in [1.82, 2.24) is 5.32 Å². The van der Waals surface area contributed by atoms with Crippen LogP contribution in [-0.2, 0) is 0 Å². The second-order valence-corrected chi connectivity index (χ2v) is 4.82. The summed E-state index contributed by atoms with van der Waals surface area (Å²) in [6, 6.07) is 5.12. The lowest BCUT2D eigenvalue weighted by molar-refractivity contribution is 0.187. The van der Waals surface area contributed by atoms with Crippen LogP contribution in [0.3, 0.4) is 0 Å². The lowest BCUT2D eigenvalue weighted by atomic mass is 10.1. The van der Waals surface area contributed by atoms with Gasteiger partial charge >= 0.3 is 6.03 Å². The molecule has 1 rings (SSSR count). The van der Waals surface area contributed by atoms with Crippen LogP contribution >= 0.6 is 0 Å². The second-order valence-electron chi connectivity index (χ2n) is 4.82. The number of hydrogen-bond donors (Lipinski definition) is 3. The number of aryl methyl sites for hydroxylation is 1. The Morgan fingerprint density at radius 1 is 1.44 bits per heavy atom. The number of aliphatic hydroxyl groups excluding tert-OH is 1. The third kappa shape index (κ3) is 3.92. The van der Waals surface area contributed by atoms with Gasteiger partial charge in [-0.05, 0) is 38.5 Å². The van der Waals surface area contributed by atoms with Crippen LogP contribution in [0.5, 0.6) is 5.75 Å². The lowest BCUT2D eigenvalue weighted by Gasteiger charge is -2.23. The summed E-state index contributed by atoms with van der Waals surface area (Å²) in [7, 11) is 1.55. The molecular formula is C13H20N2O3. The molecule has 0 spiro atoms. The summed E-state index contributed by atoms with van der Waals surface area (Å²) in [5.41, 5.74) is 0.977. The Kier molecular flexibility index (Phi) is 4.55. The number of rotatable bonds is 4. The van der Waals surface area contributed by atoms with Crippen molar-refractivity contribution in [3.05, 3.63) is 23.8 Å². The predicted molar refractivity (Wildman–Crippen MR) is 71.1 cm³/mol. The first-order valence-corrected chi connectivity index (χ1v) is 5.72. The standard InChI is InChI=1S/C13H20N2O3/c1-9-5-6-10(11(7-9)18-4)14-12(17)15-13(2,3)8-16/h5-7,16H,8H2,1-4H3,(H2,14,15,17). The van der Waals surface area contributed by atoms with Gasteiger partial charge in [0.1, 0.15) is 5.75 Å². The van der Waals surface area contributed by atoms with Crippen molar-refractivity contribution in [2.75, 3.05) is 19.0 Å². The summed E-state index contributed by atoms with van der Waals surface area (Å²) in [5.74, 6) is 0.604. The number of benzene rings is 1. The zero-order valence-corrected chi connectivity index (χ0v) is 11.2. The Morgan fingerprint density at radius 2 is 2.11 bits per heavy atom. The molecule has 3 N–H and O–H groups in total. The van der Waals surface area contributed by atoms with E-state index >= 15 is 0 Å². The van der Waals surface area contributed by atoms with Gasteiger partial charge in [-0.1, -0.05) is 6.07 Å². The summed E-state index contributed by atoms with van der Waals surface area (Å²) in [5, 5.41) is 14.4. The van der Waals surface area contributed by atoms with Gasteiger partial charge in [0, 0.05) is 0 Å². The van der Waals surface area contributed by atoms with Crippen LogP contribution in [0.15, 0.2) is 18.2 Å². The molecule has 0 radical (unpaired) electrons. The molecule has 2 amide bonds. The van der Waals surface area contributed by atoms with Crippen LogP contribution in [0.25, 0.3) is 0 Å². The average molecular weight is 252 g/mol. The van der Waals surface area contributed by atoms with Gasteiger partial charge in [-0.15, -0.1) is 0 Å². The van der Waals surface area contributed by atoms with Crippen molar-refractivity contribution in [1.29, 1.82) is 0 Å². The molecule has 0 aliphatic rings.